The second-order valence-corrected chi connectivity index (χ2v) is 4.67. The maximum absolute atomic E-state index is 11.9. The van der Waals surface area contributed by atoms with Crippen LogP contribution in [0.3, 0.4) is 0 Å². The number of likely N-dealkylation sites (N-methyl/N-ethyl adjacent to an activating group) is 1. The molecular formula is C11H18N2O4. The molecule has 0 radical (unpaired) electrons. The number of carboxylic acid groups (broad SMARTS) is 1. The van der Waals surface area contributed by atoms with E-state index in [2.05, 4.69) is 0 Å². The Bertz CT molecular complexity index is 317. The Morgan fingerprint density at radius 1 is 1.47 bits per heavy atom. The van der Waals surface area contributed by atoms with E-state index in [4.69, 9.17) is 9.84 Å². The van der Waals surface area contributed by atoms with Gasteiger partial charge in [-0.15, -0.1) is 0 Å². The molecule has 1 saturated heterocycles. The summed E-state index contributed by atoms with van der Waals surface area (Å²) < 4.78 is 5.11. The average molecular weight is 242 g/mol. The summed E-state index contributed by atoms with van der Waals surface area (Å²) in [6, 6.07) is 0.402. The van der Waals surface area contributed by atoms with Gasteiger partial charge in [0.15, 0.2) is 6.10 Å². The van der Waals surface area contributed by atoms with Crippen LogP contribution in [0.2, 0.25) is 0 Å². The zero-order valence-electron chi connectivity index (χ0n) is 9.96. The maximum Gasteiger partial charge on any atom is 0.334 e. The van der Waals surface area contributed by atoms with Gasteiger partial charge in [-0.25, -0.2) is 4.79 Å². The molecule has 6 nitrogen and oxygen atoms in total. The molecule has 2 aliphatic rings. The molecule has 96 valence electrons. The first kappa shape index (κ1) is 12.3. The number of hydrogen-bond acceptors (Lipinski definition) is 4. The normalized spacial score (nSPS) is 25.6. The molecule has 1 heterocycles. The van der Waals surface area contributed by atoms with Crippen LogP contribution in [-0.4, -0.2) is 72.2 Å². The van der Waals surface area contributed by atoms with E-state index >= 15 is 0 Å². The molecule has 0 aromatic heterocycles. The van der Waals surface area contributed by atoms with Crippen LogP contribution in [-0.2, 0) is 14.3 Å². The number of ether oxygens (including phenoxy) is 1. The fraction of sp³-hybridized carbons (Fsp3) is 0.818. The number of morpholine rings is 1. The first-order valence-electron chi connectivity index (χ1n) is 5.90. The van der Waals surface area contributed by atoms with Gasteiger partial charge >= 0.3 is 5.97 Å². The van der Waals surface area contributed by atoms with Crippen molar-refractivity contribution in [3.8, 4) is 0 Å². The van der Waals surface area contributed by atoms with Gasteiger partial charge in [-0.05, 0) is 12.8 Å². The number of carbonyl (C=O) groups excluding carboxylic acids is 1. The topological polar surface area (TPSA) is 70.1 Å². The number of carbonyl (C=O) groups is 2. The molecule has 0 spiro atoms. The van der Waals surface area contributed by atoms with Crippen LogP contribution < -0.4 is 0 Å². The third-order valence-corrected chi connectivity index (χ3v) is 3.27. The van der Waals surface area contributed by atoms with Gasteiger partial charge in [0, 0.05) is 26.2 Å². The third kappa shape index (κ3) is 3.17. The number of amides is 1. The lowest BCUT2D eigenvalue weighted by molar-refractivity contribution is -0.157. The SMILES string of the molecule is CN(C(=O)CN1CCOC(C(=O)O)C1)C1CC1. The summed E-state index contributed by atoms with van der Waals surface area (Å²) in [5.74, 6) is -0.892. The van der Waals surface area contributed by atoms with E-state index in [9.17, 15) is 9.59 Å². The molecule has 1 aliphatic carbocycles. The summed E-state index contributed by atoms with van der Waals surface area (Å²) in [5, 5.41) is 8.85. The molecule has 1 amide bonds. The van der Waals surface area contributed by atoms with Gasteiger partial charge in [-0.2, -0.15) is 0 Å². The fourth-order valence-electron chi connectivity index (χ4n) is 1.96. The summed E-state index contributed by atoms with van der Waals surface area (Å²) in [5.41, 5.74) is 0. The summed E-state index contributed by atoms with van der Waals surface area (Å²) in [6.45, 7) is 1.57. The van der Waals surface area contributed by atoms with E-state index in [0.29, 0.717) is 32.3 Å². The molecule has 6 heteroatoms. The lowest BCUT2D eigenvalue weighted by Gasteiger charge is -2.31. The Morgan fingerprint density at radius 2 is 2.18 bits per heavy atom. The minimum atomic E-state index is -0.960. The number of carboxylic acids is 1. The van der Waals surface area contributed by atoms with Gasteiger partial charge in [-0.1, -0.05) is 0 Å². The van der Waals surface area contributed by atoms with E-state index in [1.807, 2.05) is 11.9 Å². The molecule has 1 atom stereocenters. The Labute approximate surface area is 100 Å². The molecular weight excluding hydrogens is 224 g/mol. The van der Waals surface area contributed by atoms with E-state index in [1.165, 1.54) is 0 Å². The van der Waals surface area contributed by atoms with Crippen LogP contribution in [0, 0.1) is 0 Å². The molecule has 2 fully saturated rings. The van der Waals surface area contributed by atoms with Crippen LogP contribution in [0.1, 0.15) is 12.8 Å². The summed E-state index contributed by atoms with van der Waals surface area (Å²) in [4.78, 5) is 26.3. The highest BCUT2D eigenvalue weighted by molar-refractivity contribution is 5.79. The Morgan fingerprint density at radius 3 is 2.76 bits per heavy atom. The average Bonchev–Trinajstić information content (AvgIpc) is 3.12. The minimum Gasteiger partial charge on any atom is -0.479 e. The molecule has 2 rings (SSSR count). The molecule has 1 saturated carbocycles. The van der Waals surface area contributed by atoms with Gasteiger partial charge in [0.05, 0.1) is 13.2 Å². The molecule has 0 aromatic carbocycles. The number of rotatable bonds is 4. The van der Waals surface area contributed by atoms with Crippen molar-refractivity contribution in [2.75, 3.05) is 33.3 Å². The summed E-state index contributed by atoms with van der Waals surface area (Å²) in [7, 11) is 1.81. The molecule has 0 aromatic rings. The molecule has 0 bridgehead atoms. The Kier molecular flexibility index (Phi) is 3.63. The molecule has 17 heavy (non-hydrogen) atoms. The lowest BCUT2D eigenvalue weighted by Crippen LogP contribution is -2.49. The van der Waals surface area contributed by atoms with Crippen molar-refractivity contribution in [1.82, 2.24) is 9.80 Å². The lowest BCUT2D eigenvalue weighted by atomic mass is 10.2. The van der Waals surface area contributed by atoms with Crippen molar-refractivity contribution in [2.45, 2.75) is 25.0 Å². The highest BCUT2D eigenvalue weighted by atomic mass is 16.5. The van der Waals surface area contributed by atoms with E-state index in [0.717, 1.165) is 12.8 Å². The van der Waals surface area contributed by atoms with Crippen molar-refractivity contribution in [1.29, 1.82) is 0 Å². The Balaban J connectivity index is 1.81. The Hall–Kier alpha value is -1.14. The van der Waals surface area contributed by atoms with Gasteiger partial charge < -0.3 is 14.7 Å². The van der Waals surface area contributed by atoms with Gasteiger partial charge in [0.1, 0.15) is 0 Å². The van der Waals surface area contributed by atoms with Crippen molar-refractivity contribution >= 4 is 11.9 Å². The quantitative estimate of drug-likeness (QED) is 0.712. The summed E-state index contributed by atoms with van der Waals surface area (Å²) >= 11 is 0. The van der Waals surface area contributed by atoms with Crippen molar-refractivity contribution in [2.24, 2.45) is 0 Å². The zero-order chi connectivity index (χ0) is 12.4. The molecule has 1 aliphatic heterocycles. The second kappa shape index (κ2) is 5.01. The van der Waals surface area contributed by atoms with Crippen molar-refractivity contribution < 1.29 is 19.4 Å². The summed E-state index contributed by atoms with van der Waals surface area (Å²) in [6.07, 6.45) is 1.37. The van der Waals surface area contributed by atoms with Gasteiger partial charge in [0.2, 0.25) is 5.91 Å². The second-order valence-electron chi connectivity index (χ2n) is 4.67. The maximum atomic E-state index is 11.9. The van der Waals surface area contributed by atoms with E-state index < -0.39 is 12.1 Å². The van der Waals surface area contributed by atoms with Crippen LogP contribution in [0.5, 0.6) is 0 Å². The minimum absolute atomic E-state index is 0.0681. The number of nitrogens with zero attached hydrogens (tertiary/aromatic N) is 2. The van der Waals surface area contributed by atoms with Crippen molar-refractivity contribution in [3.05, 3.63) is 0 Å². The van der Waals surface area contributed by atoms with Crippen LogP contribution >= 0.6 is 0 Å². The van der Waals surface area contributed by atoms with E-state index in [-0.39, 0.29) is 5.91 Å². The standard InChI is InChI=1S/C11H18N2O4/c1-12(8-2-3-8)10(14)7-13-4-5-17-9(6-13)11(15)16/h8-9H,2-7H2,1H3,(H,15,16). The van der Waals surface area contributed by atoms with Crippen LogP contribution in [0.15, 0.2) is 0 Å². The predicted octanol–water partition coefficient (Wildman–Crippen LogP) is -0.607. The van der Waals surface area contributed by atoms with Crippen LogP contribution in [0.4, 0.5) is 0 Å². The first-order valence-corrected chi connectivity index (χ1v) is 5.90. The van der Waals surface area contributed by atoms with Gasteiger partial charge in [-0.3, -0.25) is 9.69 Å². The third-order valence-electron chi connectivity index (χ3n) is 3.27. The molecule has 1 N–H and O–H groups in total. The van der Waals surface area contributed by atoms with Crippen LogP contribution in [0.25, 0.3) is 0 Å². The number of hydrogen-bond donors (Lipinski definition) is 1. The molecule has 1 unspecified atom stereocenters. The van der Waals surface area contributed by atoms with E-state index in [1.54, 1.807) is 4.90 Å². The highest BCUT2D eigenvalue weighted by Crippen LogP contribution is 2.25. The monoisotopic (exact) mass is 242 g/mol. The zero-order valence-corrected chi connectivity index (χ0v) is 9.96. The van der Waals surface area contributed by atoms with Crippen molar-refractivity contribution in [3.63, 3.8) is 0 Å². The van der Waals surface area contributed by atoms with Gasteiger partial charge in [0.25, 0.3) is 0 Å². The predicted molar refractivity (Wildman–Crippen MR) is 59.6 cm³/mol. The number of aliphatic carboxylic acids is 1. The fourth-order valence-corrected chi connectivity index (χ4v) is 1.96. The largest absolute Gasteiger partial charge is 0.479 e. The first-order chi connectivity index (χ1) is 8.08. The smallest absolute Gasteiger partial charge is 0.334 e. The highest BCUT2D eigenvalue weighted by Gasteiger charge is 2.32.